The molecule has 1 aromatic heterocycles. The van der Waals surface area contributed by atoms with Crippen LogP contribution in [0.3, 0.4) is 0 Å². The van der Waals surface area contributed by atoms with Crippen LogP contribution in [0.5, 0.6) is 0 Å². The summed E-state index contributed by atoms with van der Waals surface area (Å²) in [5.74, 6) is 1.93. The molecule has 9 aromatic rings. The van der Waals surface area contributed by atoms with Crippen molar-refractivity contribution in [2.24, 2.45) is 0 Å². The minimum atomic E-state index is -3.03. The van der Waals surface area contributed by atoms with Gasteiger partial charge in [0.15, 0.2) is 24.6 Å². The molecule has 5 heteroatoms. The molecule has 0 bridgehead atoms. The second-order valence-electron chi connectivity index (χ2n) is 15.6. The Morgan fingerprint density at radius 1 is 0.339 bits per heavy atom. The Labute approximate surface area is 345 Å². The number of aromatic nitrogens is 3. The van der Waals surface area contributed by atoms with E-state index in [1.807, 2.05) is 103 Å². The summed E-state index contributed by atoms with van der Waals surface area (Å²) >= 11 is 0. The van der Waals surface area contributed by atoms with Crippen LogP contribution in [0.1, 0.15) is 25.0 Å². The Morgan fingerprint density at radius 3 is 1.25 bits per heavy atom. The molecule has 0 spiro atoms. The minimum absolute atomic E-state index is 0.129. The highest BCUT2D eigenvalue weighted by Crippen LogP contribution is 2.51. The summed E-state index contributed by atoms with van der Waals surface area (Å²) in [5, 5.41) is 2.48. The van der Waals surface area contributed by atoms with Gasteiger partial charge < -0.3 is 4.57 Å². The number of nitrogens with zero attached hydrogens (tertiary/aromatic N) is 3. The summed E-state index contributed by atoms with van der Waals surface area (Å²) in [6.45, 7) is 4.59. The minimum Gasteiger partial charge on any atom is -0.309 e. The van der Waals surface area contributed by atoms with Crippen LogP contribution in [0.4, 0.5) is 0 Å². The van der Waals surface area contributed by atoms with Gasteiger partial charge in [0.1, 0.15) is 0 Å². The molecule has 8 aromatic carbocycles. The molecule has 0 radical (unpaired) electrons. The highest BCUT2D eigenvalue weighted by atomic mass is 31.2. The van der Waals surface area contributed by atoms with E-state index in [0.717, 1.165) is 54.9 Å². The van der Waals surface area contributed by atoms with Gasteiger partial charge in [-0.1, -0.05) is 220 Å². The van der Waals surface area contributed by atoms with Crippen molar-refractivity contribution in [3.8, 4) is 67.5 Å². The van der Waals surface area contributed by atoms with Gasteiger partial charge in [-0.2, -0.15) is 0 Å². The van der Waals surface area contributed by atoms with E-state index >= 15 is 0 Å². The van der Waals surface area contributed by atoms with Crippen molar-refractivity contribution >= 4 is 23.1 Å². The van der Waals surface area contributed by atoms with E-state index in [1.54, 1.807) is 0 Å². The first kappa shape index (κ1) is 36.3. The van der Waals surface area contributed by atoms with Crippen LogP contribution in [0, 0.1) is 0 Å². The molecular formula is C54H40N3OP. The Morgan fingerprint density at radius 2 is 0.712 bits per heavy atom. The lowest BCUT2D eigenvalue weighted by molar-refractivity contribution is 0.592. The maximum Gasteiger partial charge on any atom is 0.171 e. The summed E-state index contributed by atoms with van der Waals surface area (Å²) < 4.78 is 14.8. The molecule has 59 heavy (non-hydrogen) atoms. The van der Waals surface area contributed by atoms with Gasteiger partial charge in [0.05, 0.1) is 0 Å². The SMILES string of the molecule is CC1(C)c2ccccc2-c2c(-c3nc(-c4ccccc4)nc(-c4ccc(-c5ccc(-c6ccc(P(=O)(c7ccccc7)c7ccccc7)cc6)cc5)cc4)n3)cccc21. The fourth-order valence-electron chi connectivity index (χ4n) is 8.54. The Kier molecular flexibility index (Phi) is 9.08. The van der Waals surface area contributed by atoms with Crippen molar-refractivity contribution in [2.45, 2.75) is 19.3 Å². The van der Waals surface area contributed by atoms with Crippen LogP contribution >= 0.6 is 7.14 Å². The van der Waals surface area contributed by atoms with E-state index in [0.29, 0.717) is 17.5 Å². The summed E-state index contributed by atoms with van der Waals surface area (Å²) in [6.07, 6.45) is 0. The van der Waals surface area contributed by atoms with Gasteiger partial charge >= 0.3 is 0 Å². The number of hydrogen-bond acceptors (Lipinski definition) is 4. The molecule has 0 N–H and O–H groups in total. The van der Waals surface area contributed by atoms with Crippen molar-refractivity contribution in [1.82, 2.24) is 15.0 Å². The zero-order chi connectivity index (χ0) is 40.0. The number of hydrogen-bond donors (Lipinski definition) is 0. The average Bonchev–Trinajstić information content (AvgIpc) is 3.55. The zero-order valence-corrected chi connectivity index (χ0v) is 33.7. The number of benzene rings is 8. The molecule has 1 aliphatic carbocycles. The Hall–Kier alpha value is -7.00. The summed E-state index contributed by atoms with van der Waals surface area (Å²) in [7, 11) is -3.03. The van der Waals surface area contributed by atoms with Crippen molar-refractivity contribution in [3.63, 3.8) is 0 Å². The average molecular weight is 778 g/mol. The smallest absolute Gasteiger partial charge is 0.171 e. The predicted molar refractivity (Wildman–Crippen MR) is 244 cm³/mol. The van der Waals surface area contributed by atoms with E-state index in [9.17, 15) is 4.57 Å². The van der Waals surface area contributed by atoms with Crippen LogP contribution in [-0.4, -0.2) is 15.0 Å². The summed E-state index contributed by atoms with van der Waals surface area (Å²) in [4.78, 5) is 15.3. The molecule has 10 rings (SSSR count). The van der Waals surface area contributed by atoms with Crippen LogP contribution in [0.15, 0.2) is 206 Å². The van der Waals surface area contributed by atoms with Gasteiger partial charge in [0.25, 0.3) is 0 Å². The molecule has 1 heterocycles. The maximum atomic E-state index is 14.8. The molecule has 0 aliphatic heterocycles. The monoisotopic (exact) mass is 777 g/mol. The fraction of sp³-hybridized carbons (Fsp3) is 0.0556. The molecule has 0 saturated carbocycles. The molecule has 0 amide bonds. The second-order valence-corrected chi connectivity index (χ2v) is 18.3. The molecule has 4 nitrogen and oxygen atoms in total. The Balaban J connectivity index is 0.958. The fourth-order valence-corrected chi connectivity index (χ4v) is 11.2. The quantitative estimate of drug-likeness (QED) is 0.144. The lowest BCUT2D eigenvalue weighted by Crippen LogP contribution is -2.24. The van der Waals surface area contributed by atoms with E-state index in [2.05, 4.69) is 117 Å². The molecular weight excluding hydrogens is 738 g/mol. The maximum absolute atomic E-state index is 14.8. The third-order valence-electron chi connectivity index (χ3n) is 11.7. The molecule has 0 unspecified atom stereocenters. The van der Waals surface area contributed by atoms with Gasteiger partial charge in [0, 0.05) is 38.0 Å². The van der Waals surface area contributed by atoms with Crippen LogP contribution in [-0.2, 0) is 9.98 Å². The molecule has 0 atom stereocenters. The van der Waals surface area contributed by atoms with Gasteiger partial charge in [0.2, 0.25) is 0 Å². The van der Waals surface area contributed by atoms with Crippen molar-refractivity contribution in [1.29, 1.82) is 0 Å². The first-order valence-electron chi connectivity index (χ1n) is 20.0. The van der Waals surface area contributed by atoms with Gasteiger partial charge in [-0.15, -0.1) is 0 Å². The normalized spacial score (nSPS) is 12.8. The third-order valence-corrected chi connectivity index (χ3v) is 14.8. The van der Waals surface area contributed by atoms with Gasteiger partial charge in [-0.05, 0) is 44.5 Å². The van der Waals surface area contributed by atoms with Gasteiger partial charge in [-0.3, -0.25) is 0 Å². The molecule has 282 valence electrons. The van der Waals surface area contributed by atoms with E-state index in [-0.39, 0.29) is 5.41 Å². The van der Waals surface area contributed by atoms with Gasteiger partial charge in [-0.25, -0.2) is 15.0 Å². The lowest BCUT2D eigenvalue weighted by Gasteiger charge is -2.21. The summed E-state index contributed by atoms with van der Waals surface area (Å²) in [6, 6.07) is 70.2. The van der Waals surface area contributed by atoms with Crippen LogP contribution < -0.4 is 15.9 Å². The van der Waals surface area contributed by atoms with Crippen molar-refractivity contribution < 1.29 is 4.57 Å². The standard InChI is InChI=1S/C54H40N3OP/c1-54(2)48-23-13-12-21-46(48)50-47(22-14-24-49(50)54)53-56-51(41-15-6-3-7-16-41)55-52(57-53)42-31-29-39(30-32-42)37-25-27-38(28-26-37)40-33-35-45(36-34-40)59(58,43-17-8-4-9-18-43)44-19-10-5-11-20-44/h3-36H,1-2H3. The topological polar surface area (TPSA) is 55.7 Å². The first-order valence-corrected chi connectivity index (χ1v) is 21.7. The van der Waals surface area contributed by atoms with E-state index in [4.69, 9.17) is 15.0 Å². The summed E-state index contributed by atoms with van der Waals surface area (Å²) in [5.41, 5.74) is 12.1. The molecule has 0 fully saturated rings. The zero-order valence-electron chi connectivity index (χ0n) is 32.8. The largest absolute Gasteiger partial charge is 0.309 e. The highest BCUT2D eigenvalue weighted by molar-refractivity contribution is 7.85. The van der Waals surface area contributed by atoms with Crippen LogP contribution in [0.25, 0.3) is 67.5 Å². The first-order chi connectivity index (χ1) is 28.9. The number of rotatable bonds is 8. The lowest BCUT2D eigenvalue weighted by atomic mass is 9.82. The van der Waals surface area contributed by atoms with Crippen LogP contribution in [0.2, 0.25) is 0 Å². The predicted octanol–water partition coefficient (Wildman–Crippen LogP) is 12.2. The molecule has 1 aliphatic rings. The molecule has 0 saturated heterocycles. The highest BCUT2D eigenvalue weighted by Gasteiger charge is 2.37. The Bertz CT molecular complexity index is 2960. The van der Waals surface area contributed by atoms with E-state index < -0.39 is 7.14 Å². The third kappa shape index (κ3) is 6.43. The number of fused-ring (bicyclic) bond motifs is 3. The van der Waals surface area contributed by atoms with Crippen molar-refractivity contribution in [3.05, 3.63) is 217 Å². The second kappa shape index (κ2) is 14.7. The van der Waals surface area contributed by atoms with E-state index in [1.165, 1.54) is 22.3 Å². The van der Waals surface area contributed by atoms with Crippen molar-refractivity contribution in [2.75, 3.05) is 0 Å².